The second-order valence-electron chi connectivity index (χ2n) is 4.52. The van der Waals surface area contributed by atoms with Gasteiger partial charge >= 0.3 is 11.7 Å². The van der Waals surface area contributed by atoms with Crippen LogP contribution in [0.1, 0.15) is 36.1 Å². The first-order valence-corrected chi connectivity index (χ1v) is 5.84. The van der Waals surface area contributed by atoms with Crippen molar-refractivity contribution in [2.75, 3.05) is 0 Å². The van der Waals surface area contributed by atoms with Crippen LogP contribution in [0.2, 0.25) is 0 Å². The largest absolute Gasteiger partial charge is 0.476 e. The summed E-state index contributed by atoms with van der Waals surface area (Å²) in [5.41, 5.74) is -0.0780. The molecule has 106 valence electrons. The molecule has 20 heavy (non-hydrogen) atoms. The van der Waals surface area contributed by atoms with Gasteiger partial charge in [0, 0.05) is 12.2 Å². The summed E-state index contributed by atoms with van der Waals surface area (Å²) in [6.45, 7) is 5.19. The second kappa shape index (κ2) is 4.76. The maximum Gasteiger partial charge on any atom is 0.356 e. The van der Waals surface area contributed by atoms with Gasteiger partial charge in [0.05, 0.1) is 4.92 Å². The number of aromatic nitrogens is 4. The molecule has 2 aromatic heterocycles. The van der Waals surface area contributed by atoms with Crippen LogP contribution >= 0.6 is 0 Å². The summed E-state index contributed by atoms with van der Waals surface area (Å²) in [5, 5.41) is 24.2. The molecule has 2 rings (SSSR count). The van der Waals surface area contributed by atoms with Crippen LogP contribution in [0.3, 0.4) is 0 Å². The van der Waals surface area contributed by atoms with E-state index in [1.165, 1.54) is 28.7 Å². The number of hydrogen-bond acceptors (Lipinski definition) is 5. The van der Waals surface area contributed by atoms with Crippen molar-refractivity contribution in [3.05, 3.63) is 34.0 Å². The van der Waals surface area contributed by atoms with Crippen LogP contribution in [-0.2, 0) is 0 Å². The molecular weight excluding hydrogens is 266 g/mol. The summed E-state index contributed by atoms with van der Waals surface area (Å²) in [7, 11) is 0. The molecule has 0 amide bonds. The fourth-order valence-corrected chi connectivity index (χ4v) is 1.89. The summed E-state index contributed by atoms with van der Waals surface area (Å²) in [5.74, 6) is -0.999. The standard InChI is InChI=1S/C11H13N5O4/c1-6(2)15-10(9(16(19)20)7(3)13-15)14-4-8(11(17)18)12-5-14/h4-6H,1-3H3,(H,17,18). The van der Waals surface area contributed by atoms with E-state index in [2.05, 4.69) is 10.1 Å². The molecule has 2 aromatic rings. The summed E-state index contributed by atoms with van der Waals surface area (Å²) >= 11 is 0. The van der Waals surface area contributed by atoms with Crippen molar-refractivity contribution >= 4 is 11.7 Å². The van der Waals surface area contributed by atoms with Gasteiger partial charge in [0.25, 0.3) is 0 Å². The minimum Gasteiger partial charge on any atom is -0.476 e. The number of imidazole rings is 1. The molecule has 0 saturated heterocycles. The van der Waals surface area contributed by atoms with Crippen molar-refractivity contribution in [2.24, 2.45) is 0 Å². The first-order chi connectivity index (χ1) is 9.32. The van der Waals surface area contributed by atoms with Crippen LogP contribution in [0.5, 0.6) is 0 Å². The van der Waals surface area contributed by atoms with Gasteiger partial charge in [0.1, 0.15) is 12.0 Å². The Balaban J connectivity index is 2.69. The third-order valence-electron chi connectivity index (χ3n) is 2.75. The van der Waals surface area contributed by atoms with E-state index in [4.69, 9.17) is 5.11 Å². The van der Waals surface area contributed by atoms with Crippen LogP contribution in [-0.4, -0.2) is 35.3 Å². The predicted octanol–water partition coefficient (Wildman–Crippen LogP) is 1.56. The molecule has 0 aromatic carbocycles. The summed E-state index contributed by atoms with van der Waals surface area (Å²) in [4.78, 5) is 25.2. The van der Waals surface area contributed by atoms with Gasteiger partial charge in [0.15, 0.2) is 5.69 Å². The van der Waals surface area contributed by atoms with E-state index in [-0.39, 0.29) is 28.9 Å². The molecule has 0 aliphatic rings. The lowest BCUT2D eigenvalue weighted by Crippen LogP contribution is -2.10. The molecule has 0 aliphatic heterocycles. The zero-order chi connectivity index (χ0) is 15.0. The van der Waals surface area contributed by atoms with Crippen molar-refractivity contribution in [1.29, 1.82) is 0 Å². The fourth-order valence-electron chi connectivity index (χ4n) is 1.89. The smallest absolute Gasteiger partial charge is 0.356 e. The lowest BCUT2D eigenvalue weighted by atomic mass is 10.3. The molecule has 0 radical (unpaired) electrons. The van der Waals surface area contributed by atoms with Gasteiger partial charge in [-0.15, -0.1) is 0 Å². The van der Waals surface area contributed by atoms with Gasteiger partial charge in [-0.05, 0) is 20.8 Å². The third kappa shape index (κ3) is 2.13. The molecule has 9 nitrogen and oxygen atoms in total. The predicted molar refractivity (Wildman–Crippen MR) is 68.1 cm³/mol. The van der Waals surface area contributed by atoms with E-state index in [0.717, 1.165) is 0 Å². The number of aromatic carboxylic acids is 1. The SMILES string of the molecule is Cc1nn(C(C)C)c(-n2cnc(C(=O)O)c2)c1[N+](=O)[O-]. The average Bonchev–Trinajstić information content (AvgIpc) is 2.91. The van der Waals surface area contributed by atoms with Gasteiger partial charge in [-0.25, -0.2) is 14.5 Å². The fraction of sp³-hybridized carbons (Fsp3) is 0.364. The Kier molecular flexibility index (Phi) is 3.26. The van der Waals surface area contributed by atoms with Crippen LogP contribution < -0.4 is 0 Å². The molecule has 0 fully saturated rings. The highest BCUT2D eigenvalue weighted by Crippen LogP contribution is 2.29. The zero-order valence-corrected chi connectivity index (χ0v) is 11.1. The number of aryl methyl sites for hydroxylation is 1. The Bertz CT molecular complexity index is 685. The van der Waals surface area contributed by atoms with Gasteiger partial charge in [0.2, 0.25) is 5.82 Å². The van der Waals surface area contributed by atoms with E-state index in [9.17, 15) is 14.9 Å². The van der Waals surface area contributed by atoms with E-state index >= 15 is 0 Å². The van der Waals surface area contributed by atoms with Gasteiger partial charge in [-0.2, -0.15) is 5.10 Å². The Morgan fingerprint density at radius 2 is 2.15 bits per heavy atom. The van der Waals surface area contributed by atoms with E-state index in [1.807, 2.05) is 13.8 Å². The highest BCUT2D eigenvalue weighted by Gasteiger charge is 2.28. The van der Waals surface area contributed by atoms with Crippen LogP contribution in [0.25, 0.3) is 5.82 Å². The maximum atomic E-state index is 11.2. The number of carboxylic acid groups (broad SMARTS) is 1. The van der Waals surface area contributed by atoms with Crippen molar-refractivity contribution < 1.29 is 14.8 Å². The van der Waals surface area contributed by atoms with Crippen LogP contribution in [0, 0.1) is 17.0 Å². The Hall–Kier alpha value is -2.71. The Labute approximate surface area is 113 Å². The molecule has 0 atom stereocenters. The molecule has 0 unspecified atom stereocenters. The minimum atomic E-state index is -1.20. The number of hydrogen-bond donors (Lipinski definition) is 1. The molecule has 0 bridgehead atoms. The molecule has 0 spiro atoms. The highest BCUT2D eigenvalue weighted by atomic mass is 16.6. The number of carbonyl (C=O) groups is 1. The maximum absolute atomic E-state index is 11.2. The van der Waals surface area contributed by atoms with Crippen molar-refractivity contribution in [3.8, 4) is 5.82 Å². The quantitative estimate of drug-likeness (QED) is 0.670. The highest BCUT2D eigenvalue weighted by molar-refractivity contribution is 5.85. The topological polar surface area (TPSA) is 116 Å². The minimum absolute atomic E-state index is 0.118. The van der Waals surface area contributed by atoms with Crippen LogP contribution in [0.4, 0.5) is 5.69 Å². The van der Waals surface area contributed by atoms with E-state index in [0.29, 0.717) is 0 Å². The summed E-state index contributed by atoms with van der Waals surface area (Å²) < 4.78 is 2.78. The van der Waals surface area contributed by atoms with Gasteiger partial charge in [-0.1, -0.05) is 0 Å². The van der Waals surface area contributed by atoms with Crippen LogP contribution in [0.15, 0.2) is 12.5 Å². The number of carboxylic acids is 1. The molecule has 2 heterocycles. The third-order valence-corrected chi connectivity index (χ3v) is 2.75. The molecule has 1 N–H and O–H groups in total. The lowest BCUT2D eigenvalue weighted by molar-refractivity contribution is -0.385. The van der Waals surface area contributed by atoms with Crippen molar-refractivity contribution in [2.45, 2.75) is 26.8 Å². The number of nitro groups is 1. The number of rotatable bonds is 4. The monoisotopic (exact) mass is 279 g/mol. The van der Waals surface area contributed by atoms with Crippen molar-refractivity contribution in [3.63, 3.8) is 0 Å². The summed E-state index contributed by atoms with van der Waals surface area (Å²) in [6, 6.07) is -0.118. The molecular formula is C11H13N5O4. The Morgan fingerprint density at radius 3 is 2.60 bits per heavy atom. The summed E-state index contributed by atoms with van der Waals surface area (Å²) in [6.07, 6.45) is 2.45. The average molecular weight is 279 g/mol. The first kappa shape index (κ1) is 13.7. The van der Waals surface area contributed by atoms with E-state index in [1.54, 1.807) is 0 Å². The molecule has 9 heteroatoms. The van der Waals surface area contributed by atoms with Gasteiger partial charge < -0.3 is 5.11 Å². The number of nitrogens with zero attached hydrogens (tertiary/aromatic N) is 5. The second-order valence-corrected chi connectivity index (χ2v) is 4.52. The van der Waals surface area contributed by atoms with Gasteiger partial charge in [-0.3, -0.25) is 14.7 Å². The Morgan fingerprint density at radius 1 is 1.50 bits per heavy atom. The lowest BCUT2D eigenvalue weighted by Gasteiger charge is -2.09. The normalized spacial score (nSPS) is 11.0. The van der Waals surface area contributed by atoms with E-state index < -0.39 is 10.9 Å². The zero-order valence-electron chi connectivity index (χ0n) is 11.1. The van der Waals surface area contributed by atoms with Crippen molar-refractivity contribution in [1.82, 2.24) is 19.3 Å². The molecule has 0 aliphatic carbocycles. The molecule has 0 saturated carbocycles. The first-order valence-electron chi connectivity index (χ1n) is 5.84.